The topological polar surface area (TPSA) is 70.6 Å². The van der Waals surface area contributed by atoms with Gasteiger partial charge in [-0.2, -0.15) is 11.8 Å². The van der Waals surface area contributed by atoms with Crippen LogP contribution in [0.15, 0.2) is 5.16 Å². The Morgan fingerprint density at radius 3 is 2.82 bits per heavy atom. The third-order valence-corrected chi connectivity index (χ3v) is 4.88. The molecule has 0 aliphatic heterocycles. The van der Waals surface area contributed by atoms with Crippen LogP contribution in [0.1, 0.15) is 39.5 Å². The second kappa shape index (κ2) is 6.50. The Morgan fingerprint density at radius 2 is 2.24 bits per heavy atom. The van der Waals surface area contributed by atoms with Gasteiger partial charge in [-0.1, -0.05) is 25.4 Å². The standard InChI is InChI=1S/C12H25N3OS/c1-12(2,11(13)15-16)7-8-14-9-5-4-6-10(9)17-3/h9-10,14,16H,4-8H2,1-3H3,(H2,13,15). The van der Waals surface area contributed by atoms with E-state index in [9.17, 15) is 0 Å². The summed E-state index contributed by atoms with van der Waals surface area (Å²) in [6.45, 7) is 4.93. The van der Waals surface area contributed by atoms with Crippen LogP contribution in [-0.4, -0.2) is 35.1 Å². The Labute approximate surface area is 108 Å². The zero-order valence-electron chi connectivity index (χ0n) is 11.1. The molecule has 0 amide bonds. The summed E-state index contributed by atoms with van der Waals surface area (Å²) in [7, 11) is 0. The third kappa shape index (κ3) is 4.07. The van der Waals surface area contributed by atoms with Gasteiger partial charge in [0.2, 0.25) is 0 Å². The van der Waals surface area contributed by atoms with Gasteiger partial charge in [-0.3, -0.25) is 0 Å². The number of oxime groups is 1. The van der Waals surface area contributed by atoms with E-state index in [1.165, 1.54) is 19.3 Å². The first-order valence-electron chi connectivity index (χ1n) is 6.25. The van der Waals surface area contributed by atoms with E-state index in [4.69, 9.17) is 10.9 Å². The lowest BCUT2D eigenvalue weighted by Gasteiger charge is -2.25. The van der Waals surface area contributed by atoms with Crippen LogP contribution in [0, 0.1) is 5.41 Å². The van der Waals surface area contributed by atoms with Crippen molar-refractivity contribution in [1.82, 2.24) is 5.32 Å². The molecule has 1 saturated carbocycles. The molecule has 5 heteroatoms. The Hall–Kier alpha value is -0.420. The average molecular weight is 259 g/mol. The first-order valence-corrected chi connectivity index (χ1v) is 7.54. The number of amidine groups is 1. The summed E-state index contributed by atoms with van der Waals surface area (Å²) in [6.07, 6.45) is 7.00. The lowest BCUT2D eigenvalue weighted by Crippen LogP contribution is -2.39. The van der Waals surface area contributed by atoms with Crippen molar-refractivity contribution in [1.29, 1.82) is 0 Å². The molecule has 1 aliphatic carbocycles. The van der Waals surface area contributed by atoms with Gasteiger partial charge in [0, 0.05) is 16.7 Å². The van der Waals surface area contributed by atoms with E-state index in [0.29, 0.717) is 11.9 Å². The third-order valence-electron chi connectivity index (χ3n) is 3.71. The van der Waals surface area contributed by atoms with Crippen molar-refractivity contribution in [2.24, 2.45) is 16.3 Å². The summed E-state index contributed by atoms with van der Waals surface area (Å²) in [4.78, 5) is 0. The van der Waals surface area contributed by atoms with Gasteiger partial charge in [-0.05, 0) is 32.1 Å². The van der Waals surface area contributed by atoms with Crippen LogP contribution < -0.4 is 11.1 Å². The molecule has 0 aromatic carbocycles. The summed E-state index contributed by atoms with van der Waals surface area (Å²) < 4.78 is 0. The average Bonchev–Trinajstić information content (AvgIpc) is 2.75. The van der Waals surface area contributed by atoms with E-state index >= 15 is 0 Å². The van der Waals surface area contributed by atoms with Gasteiger partial charge in [0.15, 0.2) is 0 Å². The number of nitrogens with zero attached hydrogens (tertiary/aromatic N) is 1. The van der Waals surface area contributed by atoms with Gasteiger partial charge in [-0.15, -0.1) is 0 Å². The minimum absolute atomic E-state index is 0.241. The van der Waals surface area contributed by atoms with E-state index in [-0.39, 0.29) is 5.41 Å². The molecule has 0 bridgehead atoms. The summed E-state index contributed by atoms with van der Waals surface area (Å²) in [5, 5.41) is 16.2. The lowest BCUT2D eigenvalue weighted by atomic mass is 9.88. The van der Waals surface area contributed by atoms with Crippen LogP contribution >= 0.6 is 11.8 Å². The van der Waals surface area contributed by atoms with E-state index < -0.39 is 0 Å². The summed E-state index contributed by atoms with van der Waals surface area (Å²) in [5.41, 5.74) is 5.43. The summed E-state index contributed by atoms with van der Waals surface area (Å²) in [5.74, 6) is 0.312. The molecule has 0 aromatic heterocycles. The predicted octanol–water partition coefficient (Wildman–Crippen LogP) is 2.02. The SMILES string of the molecule is CSC1CCCC1NCCC(C)(C)C(N)=NO. The maximum Gasteiger partial charge on any atom is 0.144 e. The molecule has 1 fully saturated rings. The largest absolute Gasteiger partial charge is 0.409 e. The van der Waals surface area contributed by atoms with Crippen molar-refractivity contribution in [3.63, 3.8) is 0 Å². The van der Waals surface area contributed by atoms with Gasteiger partial charge in [0.05, 0.1) is 0 Å². The van der Waals surface area contributed by atoms with E-state index in [0.717, 1.165) is 18.2 Å². The maximum atomic E-state index is 8.70. The lowest BCUT2D eigenvalue weighted by molar-refractivity contribution is 0.304. The first-order chi connectivity index (χ1) is 8.01. The zero-order chi connectivity index (χ0) is 12.9. The van der Waals surface area contributed by atoms with E-state index in [2.05, 4.69) is 16.7 Å². The van der Waals surface area contributed by atoms with Crippen molar-refractivity contribution >= 4 is 17.6 Å². The number of hydrogen-bond acceptors (Lipinski definition) is 4. The monoisotopic (exact) mass is 259 g/mol. The Morgan fingerprint density at radius 1 is 1.53 bits per heavy atom. The zero-order valence-corrected chi connectivity index (χ0v) is 11.9. The summed E-state index contributed by atoms with van der Waals surface area (Å²) in [6, 6.07) is 0.632. The molecule has 2 unspecified atom stereocenters. The van der Waals surface area contributed by atoms with Crippen LogP contribution in [0.3, 0.4) is 0 Å². The molecule has 0 aromatic rings. The van der Waals surface area contributed by atoms with Crippen LogP contribution in [0.5, 0.6) is 0 Å². The van der Waals surface area contributed by atoms with Crippen molar-refractivity contribution < 1.29 is 5.21 Å². The second-order valence-electron chi connectivity index (χ2n) is 5.38. The number of hydrogen-bond donors (Lipinski definition) is 3. The molecule has 1 rings (SSSR count). The predicted molar refractivity (Wildman–Crippen MR) is 74.8 cm³/mol. The van der Waals surface area contributed by atoms with Gasteiger partial charge in [-0.25, -0.2) is 0 Å². The molecule has 17 heavy (non-hydrogen) atoms. The maximum absolute atomic E-state index is 8.70. The summed E-state index contributed by atoms with van der Waals surface area (Å²) >= 11 is 1.96. The second-order valence-corrected chi connectivity index (χ2v) is 6.46. The van der Waals surface area contributed by atoms with E-state index in [1.807, 2.05) is 25.6 Å². The van der Waals surface area contributed by atoms with Crippen molar-refractivity contribution in [2.45, 2.75) is 50.8 Å². The van der Waals surface area contributed by atoms with Crippen molar-refractivity contribution in [3.05, 3.63) is 0 Å². The number of thioether (sulfide) groups is 1. The Bertz CT molecular complexity index is 268. The Kier molecular flexibility index (Phi) is 5.59. The number of nitrogens with two attached hydrogens (primary N) is 1. The molecular formula is C12H25N3OS. The van der Waals surface area contributed by atoms with Crippen molar-refractivity contribution in [3.8, 4) is 0 Å². The smallest absolute Gasteiger partial charge is 0.144 e. The molecule has 2 atom stereocenters. The number of rotatable bonds is 6. The fourth-order valence-corrected chi connectivity index (χ4v) is 3.24. The van der Waals surface area contributed by atoms with Crippen LogP contribution in [0.2, 0.25) is 0 Å². The van der Waals surface area contributed by atoms with E-state index in [1.54, 1.807) is 0 Å². The highest BCUT2D eigenvalue weighted by Gasteiger charge is 2.27. The van der Waals surface area contributed by atoms with Gasteiger partial charge in [0.25, 0.3) is 0 Å². The van der Waals surface area contributed by atoms with Crippen LogP contribution in [0.4, 0.5) is 0 Å². The van der Waals surface area contributed by atoms with Gasteiger partial charge in [0.1, 0.15) is 5.84 Å². The molecular weight excluding hydrogens is 234 g/mol. The van der Waals surface area contributed by atoms with Crippen molar-refractivity contribution in [2.75, 3.05) is 12.8 Å². The van der Waals surface area contributed by atoms with Crippen LogP contribution in [0.25, 0.3) is 0 Å². The normalized spacial score (nSPS) is 26.4. The minimum atomic E-state index is -0.241. The molecule has 0 radical (unpaired) electrons. The minimum Gasteiger partial charge on any atom is -0.409 e. The highest BCUT2D eigenvalue weighted by atomic mass is 32.2. The number of nitrogens with one attached hydrogen (secondary N) is 1. The Balaban J connectivity index is 2.32. The fraction of sp³-hybridized carbons (Fsp3) is 0.917. The molecule has 0 heterocycles. The molecule has 4 N–H and O–H groups in total. The molecule has 100 valence electrons. The highest BCUT2D eigenvalue weighted by molar-refractivity contribution is 7.99. The van der Waals surface area contributed by atoms with Gasteiger partial charge >= 0.3 is 0 Å². The fourth-order valence-electron chi connectivity index (χ4n) is 2.28. The molecule has 4 nitrogen and oxygen atoms in total. The molecule has 0 spiro atoms. The molecule has 0 saturated heterocycles. The molecule has 1 aliphatic rings. The van der Waals surface area contributed by atoms with Crippen LogP contribution in [-0.2, 0) is 0 Å². The highest BCUT2D eigenvalue weighted by Crippen LogP contribution is 2.28. The van der Waals surface area contributed by atoms with Gasteiger partial charge < -0.3 is 16.3 Å². The first kappa shape index (κ1) is 14.6. The quantitative estimate of drug-likeness (QED) is 0.295.